The SMILES string of the molecule is Cc1ccnc(NCC[C@@H]2CCCN2)c1Br. The highest BCUT2D eigenvalue weighted by atomic mass is 79.9. The van der Waals surface area contributed by atoms with Crippen LogP contribution in [0.3, 0.4) is 0 Å². The van der Waals surface area contributed by atoms with E-state index in [0.29, 0.717) is 6.04 Å². The summed E-state index contributed by atoms with van der Waals surface area (Å²) < 4.78 is 1.08. The minimum atomic E-state index is 0.691. The highest BCUT2D eigenvalue weighted by Gasteiger charge is 2.13. The number of pyridine rings is 1. The van der Waals surface area contributed by atoms with E-state index in [9.17, 15) is 0 Å². The van der Waals surface area contributed by atoms with Crippen LogP contribution in [0.5, 0.6) is 0 Å². The summed E-state index contributed by atoms with van der Waals surface area (Å²) in [4.78, 5) is 4.32. The van der Waals surface area contributed by atoms with Crippen LogP contribution in [-0.2, 0) is 0 Å². The minimum absolute atomic E-state index is 0.691. The van der Waals surface area contributed by atoms with Crippen LogP contribution >= 0.6 is 15.9 Å². The molecule has 0 aromatic carbocycles. The Labute approximate surface area is 105 Å². The van der Waals surface area contributed by atoms with Crippen molar-refractivity contribution in [1.29, 1.82) is 0 Å². The van der Waals surface area contributed by atoms with Crippen molar-refractivity contribution in [3.63, 3.8) is 0 Å². The van der Waals surface area contributed by atoms with Gasteiger partial charge in [0.15, 0.2) is 0 Å². The molecule has 16 heavy (non-hydrogen) atoms. The quantitative estimate of drug-likeness (QED) is 0.892. The Morgan fingerprint density at radius 2 is 2.50 bits per heavy atom. The number of aryl methyl sites for hydroxylation is 1. The molecule has 4 heteroatoms. The maximum atomic E-state index is 4.32. The molecule has 0 saturated carbocycles. The molecule has 0 unspecified atom stereocenters. The largest absolute Gasteiger partial charge is 0.369 e. The maximum Gasteiger partial charge on any atom is 0.140 e. The van der Waals surface area contributed by atoms with E-state index in [2.05, 4.69) is 38.5 Å². The Balaban J connectivity index is 1.82. The summed E-state index contributed by atoms with van der Waals surface area (Å²) in [5.41, 5.74) is 1.22. The fourth-order valence-electron chi connectivity index (χ4n) is 2.03. The zero-order valence-electron chi connectivity index (χ0n) is 9.59. The maximum absolute atomic E-state index is 4.32. The number of rotatable bonds is 4. The first-order valence-electron chi connectivity index (χ1n) is 5.86. The van der Waals surface area contributed by atoms with Crippen molar-refractivity contribution in [1.82, 2.24) is 10.3 Å². The molecule has 0 aliphatic carbocycles. The molecular weight excluding hydrogens is 266 g/mol. The molecule has 0 radical (unpaired) electrons. The van der Waals surface area contributed by atoms with Crippen molar-refractivity contribution in [2.45, 2.75) is 32.2 Å². The van der Waals surface area contributed by atoms with Crippen LogP contribution in [0.25, 0.3) is 0 Å². The molecule has 1 aromatic rings. The van der Waals surface area contributed by atoms with E-state index in [4.69, 9.17) is 0 Å². The summed E-state index contributed by atoms with van der Waals surface area (Å²) in [7, 11) is 0. The number of anilines is 1. The molecule has 0 bridgehead atoms. The molecule has 2 rings (SSSR count). The lowest BCUT2D eigenvalue weighted by molar-refractivity contribution is 0.574. The lowest BCUT2D eigenvalue weighted by atomic mass is 10.1. The van der Waals surface area contributed by atoms with E-state index in [1.165, 1.54) is 31.4 Å². The van der Waals surface area contributed by atoms with Crippen molar-refractivity contribution >= 4 is 21.7 Å². The fourth-order valence-corrected chi connectivity index (χ4v) is 2.41. The molecule has 1 aliphatic heterocycles. The first-order valence-corrected chi connectivity index (χ1v) is 6.65. The molecule has 0 spiro atoms. The first-order chi connectivity index (χ1) is 7.77. The van der Waals surface area contributed by atoms with Crippen molar-refractivity contribution < 1.29 is 0 Å². The summed E-state index contributed by atoms with van der Waals surface area (Å²) in [6.07, 6.45) is 5.64. The molecule has 1 aromatic heterocycles. The van der Waals surface area contributed by atoms with Crippen LogP contribution in [-0.4, -0.2) is 24.1 Å². The van der Waals surface area contributed by atoms with E-state index >= 15 is 0 Å². The molecule has 2 N–H and O–H groups in total. The molecular formula is C12H18BrN3. The molecule has 1 saturated heterocycles. The molecule has 2 heterocycles. The van der Waals surface area contributed by atoms with Crippen molar-refractivity contribution in [3.8, 4) is 0 Å². The van der Waals surface area contributed by atoms with Gasteiger partial charge in [-0.3, -0.25) is 0 Å². The van der Waals surface area contributed by atoms with Gasteiger partial charge in [-0.05, 0) is 60.3 Å². The third-order valence-corrected chi connectivity index (χ3v) is 4.03. The second kappa shape index (κ2) is 5.64. The number of halogens is 1. The third-order valence-electron chi connectivity index (χ3n) is 3.03. The Hall–Kier alpha value is -0.610. The Bertz CT molecular complexity index is 348. The first kappa shape index (κ1) is 11.9. The second-order valence-electron chi connectivity index (χ2n) is 4.30. The van der Waals surface area contributed by atoms with Crippen molar-refractivity contribution in [2.75, 3.05) is 18.4 Å². The number of nitrogens with zero attached hydrogens (tertiary/aromatic N) is 1. The molecule has 1 fully saturated rings. The van der Waals surface area contributed by atoms with Gasteiger partial charge in [-0.15, -0.1) is 0 Å². The van der Waals surface area contributed by atoms with Gasteiger partial charge in [0.05, 0.1) is 4.47 Å². The van der Waals surface area contributed by atoms with Gasteiger partial charge >= 0.3 is 0 Å². The number of hydrogen-bond donors (Lipinski definition) is 2. The van der Waals surface area contributed by atoms with Gasteiger partial charge in [0.25, 0.3) is 0 Å². The van der Waals surface area contributed by atoms with E-state index in [1.54, 1.807) is 0 Å². The predicted molar refractivity (Wildman–Crippen MR) is 70.8 cm³/mol. The molecule has 1 aliphatic rings. The van der Waals surface area contributed by atoms with E-state index in [-0.39, 0.29) is 0 Å². The fraction of sp³-hybridized carbons (Fsp3) is 0.583. The van der Waals surface area contributed by atoms with Gasteiger partial charge in [-0.1, -0.05) is 0 Å². The second-order valence-corrected chi connectivity index (χ2v) is 5.09. The van der Waals surface area contributed by atoms with E-state index in [0.717, 1.165) is 16.8 Å². The summed E-state index contributed by atoms with van der Waals surface area (Å²) >= 11 is 3.55. The van der Waals surface area contributed by atoms with E-state index in [1.807, 2.05) is 12.3 Å². The molecule has 1 atom stereocenters. The topological polar surface area (TPSA) is 37.0 Å². The van der Waals surface area contributed by atoms with Gasteiger partial charge in [0.1, 0.15) is 5.82 Å². The molecule has 3 nitrogen and oxygen atoms in total. The predicted octanol–water partition coefficient (Wildman–Crippen LogP) is 2.71. The van der Waals surface area contributed by atoms with Gasteiger partial charge in [0.2, 0.25) is 0 Å². The van der Waals surface area contributed by atoms with Crippen LogP contribution in [0.1, 0.15) is 24.8 Å². The molecule has 0 amide bonds. The van der Waals surface area contributed by atoms with Crippen LogP contribution < -0.4 is 10.6 Å². The van der Waals surface area contributed by atoms with Gasteiger partial charge in [-0.25, -0.2) is 4.98 Å². The highest BCUT2D eigenvalue weighted by molar-refractivity contribution is 9.10. The van der Waals surface area contributed by atoms with Crippen molar-refractivity contribution in [2.24, 2.45) is 0 Å². The van der Waals surface area contributed by atoms with Gasteiger partial charge < -0.3 is 10.6 Å². The Morgan fingerprint density at radius 3 is 3.25 bits per heavy atom. The average molecular weight is 284 g/mol. The molecule has 88 valence electrons. The minimum Gasteiger partial charge on any atom is -0.369 e. The van der Waals surface area contributed by atoms with Crippen LogP contribution in [0.15, 0.2) is 16.7 Å². The van der Waals surface area contributed by atoms with Gasteiger partial charge in [0, 0.05) is 18.8 Å². The van der Waals surface area contributed by atoms with Crippen LogP contribution in [0.2, 0.25) is 0 Å². The summed E-state index contributed by atoms with van der Waals surface area (Å²) in [6, 6.07) is 2.70. The average Bonchev–Trinajstić information content (AvgIpc) is 2.77. The zero-order chi connectivity index (χ0) is 11.4. The highest BCUT2D eigenvalue weighted by Crippen LogP contribution is 2.23. The Morgan fingerprint density at radius 1 is 1.62 bits per heavy atom. The number of aromatic nitrogens is 1. The summed E-state index contributed by atoms with van der Waals surface area (Å²) in [5.74, 6) is 0.956. The lowest BCUT2D eigenvalue weighted by Gasteiger charge is -2.12. The normalized spacial score (nSPS) is 20.0. The summed E-state index contributed by atoms with van der Waals surface area (Å²) in [6.45, 7) is 4.24. The number of nitrogens with one attached hydrogen (secondary N) is 2. The number of hydrogen-bond acceptors (Lipinski definition) is 3. The monoisotopic (exact) mass is 283 g/mol. The van der Waals surface area contributed by atoms with E-state index < -0.39 is 0 Å². The smallest absolute Gasteiger partial charge is 0.140 e. The lowest BCUT2D eigenvalue weighted by Crippen LogP contribution is -2.24. The zero-order valence-corrected chi connectivity index (χ0v) is 11.2. The van der Waals surface area contributed by atoms with Crippen LogP contribution in [0, 0.1) is 6.92 Å². The summed E-state index contributed by atoms with van der Waals surface area (Å²) in [5, 5.41) is 6.88. The third kappa shape index (κ3) is 2.95. The van der Waals surface area contributed by atoms with Crippen molar-refractivity contribution in [3.05, 3.63) is 22.3 Å². The Kier molecular flexibility index (Phi) is 4.18. The van der Waals surface area contributed by atoms with Gasteiger partial charge in [-0.2, -0.15) is 0 Å². The standard InChI is InChI=1S/C12H18BrN3/c1-9-4-7-15-12(11(9)13)16-8-5-10-3-2-6-14-10/h4,7,10,14H,2-3,5-6,8H2,1H3,(H,15,16)/t10-/m0/s1. The van der Waals surface area contributed by atoms with Crippen LogP contribution in [0.4, 0.5) is 5.82 Å².